The van der Waals surface area contributed by atoms with Crippen LogP contribution in [0.5, 0.6) is 0 Å². The van der Waals surface area contributed by atoms with Crippen LogP contribution in [-0.4, -0.2) is 163 Å². The maximum absolute atomic E-state index is 13.5. The minimum Gasteiger partial charge on any atom is -0.478 e. The van der Waals surface area contributed by atoms with Crippen LogP contribution in [0, 0.1) is 11.9 Å². The molecule has 14 heterocycles. The van der Waals surface area contributed by atoms with E-state index in [1.807, 2.05) is 131 Å². The van der Waals surface area contributed by atoms with Gasteiger partial charge in [-0.1, -0.05) is 116 Å². The molecule has 4 aliphatic rings. The highest BCUT2D eigenvalue weighted by molar-refractivity contribution is 9.11. The van der Waals surface area contributed by atoms with Gasteiger partial charge in [0.1, 0.15) is 71.4 Å². The molecule has 0 atom stereocenters. The van der Waals surface area contributed by atoms with E-state index in [1.165, 1.54) is 24.5 Å². The Morgan fingerprint density at radius 2 is 0.969 bits per heavy atom. The van der Waals surface area contributed by atoms with E-state index in [2.05, 4.69) is 134 Å². The number of pyridine rings is 6. The number of carboxylic acids is 1. The number of carbonyl (C=O) groups is 4. The molecule has 10 aromatic heterocycles. The van der Waals surface area contributed by atoms with Gasteiger partial charge in [0.2, 0.25) is 11.9 Å². The van der Waals surface area contributed by atoms with E-state index in [-0.39, 0.29) is 46.5 Å². The zero-order valence-corrected chi connectivity index (χ0v) is 75.9. The summed E-state index contributed by atoms with van der Waals surface area (Å²) < 4.78 is 71.2. The normalized spacial score (nSPS) is 14.7. The Morgan fingerprint density at radius 1 is 0.519 bits per heavy atom. The van der Waals surface area contributed by atoms with E-state index >= 15 is 0 Å². The molecule has 0 unspecified atom stereocenters. The third-order valence-corrected chi connectivity index (χ3v) is 22.6. The lowest BCUT2D eigenvalue weighted by atomic mass is 9.77. The lowest BCUT2D eigenvalue weighted by Crippen LogP contribution is -2.41. The summed E-state index contributed by atoms with van der Waals surface area (Å²) in [7, 11) is -0.565. The van der Waals surface area contributed by atoms with Crippen LogP contribution in [0.15, 0.2) is 209 Å². The van der Waals surface area contributed by atoms with Crippen LogP contribution in [-0.2, 0) is 80.9 Å². The van der Waals surface area contributed by atoms with Gasteiger partial charge in [-0.2, -0.15) is 8.78 Å². The second-order valence-corrected chi connectivity index (χ2v) is 33.8. The number of hydrogen-bond donors (Lipinski definition) is 5. The Hall–Kier alpha value is -12.3. The summed E-state index contributed by atoms with van der Waals surface area (Å²) in [6, 6.07) is 46.2. The molecule has 0 saturated carbocycles. The van der Waals surface area contributed by atoms with Crippen molar-refractivity contribution in [2.24, 2.45) is 0 Å². The van der Waals surface area contributed by atoms with Gasteiger partial charge in [0.05, 0.1) is 53.2 Å². The van der Waals surface area contributed by atoms with Gasteiger partial charge in [-0.3, -0.25) is 14.4 Å². The minimum atomic E-state index is -0.973. The van der Waals surface area contributed by atoms with Crippen molar-refractivity contribution in [3.05, 3.63) is 275 Å². The standard InChI is InChI=1S/C24H28BN5O4.C23H18ClFN6O2.C18H18BrN5O3.C18H16BrN5O2.C5H2BrClFN/c1-23(2)24(3,4)34-25(33-23)17-10-9-16-14-32-12-6-11-30-15-26-29-21(30)19-7-5-8-20(27-19)28-22(31)18(16)13-17;24-18-10-16(11-26-21(18)25)14-5-6-15-12-33-8-2-7-31-13-27-30-22(31)19-3-1-4-20(28-19)29-23(32)17(15)9-14;19-13-6-5-12(14(9-13)18(25)26)10-27-8-2-7-24-11-21-23-17(24)15-3-1-4-16(20)22-15;19-13-6-5-12-10-26-8-2-7-24-11-20-23-17(24)15-3-1-4-16(21-15)22-18(25)14(12)9-13;6-3-1-4(7)5(8)9-2-3/h5,7-10,13,15H,6,11-12,14H2,1-4H3,(H,27,28,31);1,3-6,9-11,13H,2,7-8,12H2,(H,28,29,32);1,3-6,9,11H,2,7-8,10H2,(H2,20,22)(H,25,26);1,3-6,9,11H,2,7-8,10H2,(H,21,22,25);1-2H. The fourth-order valence-corrected chi connectivity index (χ4v) is 15.0. The number of rotatable bonds is 10. The lowest BCUT2D eigenvalue weighted by Gasteiger charge is -2.32. The highest BCUT2D eigenvalue weighted by Crippen LogP contribution is 2.38. The summed E-state index contributed by atoms with van der Waals surface area (Å²) in [5, 5.41) is 50.4. The fourth-order valence-electron chi connectivity index (χ4n) is 13.4. The number of aryl methyl sites for hydroxylation is 4. The Bertz CT molecular complexity index is 6360. The number of nitrogens with zero attached hydrogens (tertiary/aromatic N) is 18. The zero-order valence-electron chi connectivity index (χ0n) is 69.7. The number of aromatic nitrogens is 18. The molecule has 0 radical (unpaired) electrons. The van der Waals surface area contributed by atoms with Gasteiger partial charge in [0, 0.05) is 101 Å². The molecule has 662 valence electrons. The van der Waals surface area contributed by atoms with Gasteiger partial charge in [-0.25, -0.2) is 34.7 Å². The van der Waals surface area contributed by atoms with Crippen molar-refractivity contribution in [2.75, 3.05) is 48.1 Å². The number of nitrogen functional groups attached to an aromatic ring is 1. The maximum Gasteiger partial charge on any atom is 0.494 e. The van der Waals surface area contributed by atoms with Crippen LogP contribution in [0.25, 0.3) is 57.2 Å². The number of anilines is 4. The second kappa shape index (κ2) is 43.2. The van der Waals surface area contributed by atoms with Gasteiger partial charge < -0.3 is 73.3 Å². The van der Waals surface area contributed by atoms with Crippen LogP contribution in [0.2, 0.25) is 10.0 Å². The third-order valence-electron chi connectivity index (χ3n) is 20.7. The summed E-state index contributed by atoms with van der Waals surface area (Å²) in [5.41, 5.74) is 14.1. The smallest absolute Gasteiger partial charge is 0.478 e. The number of hydrogen-bond acceptors (Lipinski definition) is 25. The van der Waals surface area contributed by atoms with E-state index in [4.69, 9.17) is 57.2 Å². The Morgan fingerprint density at radius 3 is 1.47 bits per heavy atom. The predicted molar refractivity (Wildman–Crippen MR) is 487 cm³/mol. The number of fused-ring (bicyclic) bond motifs is 15. The summed E-state index contributed by atoms with van der Waals surface area (Å²) >= 11 is 21.0. The monoisotopic (exact) mass is 1980 g/mol. The number of benzene rings is 4. The number of nitrogens with one attached hydrogen (secondary N) is 3. The quantitative estimate of drug-likeness (QED) is 0.0482. The fraction of sp³-hybridized carbons (Fsp3) is 0.250. The first kappa shape index (κ1) is 92.9. The van der Waals surface area contributed by atoms with Crippen molar-refractivity contribution in [3.63, 3.8) is 0 Å². The molecule has 4 aliphatic heterocycles. The van der Waals surface area contributed by atoms with Gasteiger partial charge in [0.25, 0.3) is 17.7 Å². The molecule has 18 rings (SSSR count). The summed E-state index contributed by atoms with van der Waals surface area (Å²) in [6.07, 6.45) is 12.4. The van der Waals surface area contributed by atoms with Crippen molar-refractivity contribution < 1.29 is 61.3 Å². The Balaban J connectivity index is 0.000000135. The maximum atomic E-state index is 13.5. The van der Waals surface area contributed by atoms with Crippen molar-refractivity contribution in [3.8, 4) is 57.2 Å². The highest BCUT2D eigenvalue weighted by Gasteiger charge is 2.52. The first-order valence-corrected chi connectivity index (χ1v) is 43.5. The Labute approximate surface area is 773 Å². The van der Waals surface area contributed by atoms with E-state index in [0.29, 0.717) is 173 Å². The largest absolute Gasteiger partial charge is 0.494 e. The average molecular weight is 1980 g/mol. The number of halogens is 7. The van der Waals surface area contributed by atoms with Crippen LogP contribution >= 0.6 is 71.0 Å². The molecule has 1 saturated heterocycles. The summed E-state index contributed by atoms with van der Waals surface area (Å²) in [4.78, 5) is 75.6. The molecule has 0 spiro atoms. The molecule has 14 aromatic rings. The number of carbonyl (C=O) groups excluding carboxylic acids is 3. The molecule has 129 heavy (non-hydrogen) atoms. The SMILES string of the molecule is CC1(C)OB(c2ccc3c(c2)C(=O)Nc2cccc(n2)-c2nncn2CCCOC3)OC1(C)C.Fc1ncc(Br)cc1Cl.Nc1cccc(-c2nncn2CCCOCc2ccc(Br)cc2C(=O)O)n1.O=C1Nc2cccc(n2)-c2nncn2CCCOCc2ccc(-c3cnc(F)c(Cl)c3)cc21.O=C1Nc2cccc(n2)-c2nncn2CCCOCc2ccc(Br)cc21. The van der Waals surface area contributed by atoms with Crippen LogP contribution in [0.3, 0.4) is 0 Å². The van der Waals surface area contributed by atoms with E-state index < -0.39 is 36.2 Å². The van der Waals surface area contributed by atoms with Crippen LogP contribution in [0.1, 0.15) is 117 Å². The molecule has 4 aromatic carbocycles. The molecule has 0 aliphatic carbocycles. The average Bonchev–Trinajstić information content (AvgIpc) is 1.67. The van der Waals surface area contributed by atoms with Crippen LogP contribution in [0.4, 0.5) is 32.1 Å². The molecule has 33 nitrogen and oxygen atoms in total. The summed E-state index contributed by atoms with van der Waals surface area (Å²) in [5.74, 6) is 1.07. The third kappa shape index (κ3) is 24.2. The van der Waals surface area contributed by atoms with Crippen molar-refractivity contribution in [2.45, 2.75) is 117 Å². The van der Waals surface area contributed by atoms with Gasteiger partial charge >= 0.3 is 13.1 Å². The Kier molecular flexibility index (Phi) is 31.1. The number of amides is 3. The predicted octanol–water partition coefficient (Wildman–Crippen LogP) is 16.1. The molecule has 41 heteroatoms. The van der Waals surface area contributed by atoms with Crippen molar-refractivity contribution in [1.29, 1.82) is 0 Å². The molecule has 1 fully saturated rings. The van der Waals surface area contributed by atoms with E-state index in [9.17, 15) is 33.1 Å². The van der Waals surface area contributed by atoms with Crippen LogP contribution < -0.4 is 27.1 Å². The molecule has 3 amide bonds. The molecule has 6 N–H and O–H groups in total. The second-order valence-electron chi connectivity index (χ2n) is 30.3. The van der Waals surface area contributed by atoms with Gasteiger partial charge in [0.15, 0.2) is 23.3 Å². The van der Waals surface area contributed by atoms with E-state index in [1.54, 1.807) is 86.0 Å². The number of ether oxygens (including phenoxy) is 4. The first-order chi connectivity index (χ1) is 62.3. The van der Waals surface area contributed by atoms with Crippen molar-refractivity contribution >= 4 is 131 Å². The number of aromatic carboxylic acids is 1. The zero-order chi connectivity index (χ0) is 90.7. The minimum absolute atomic E-state index is 0.0318. The van der Waals surface area contributed by atoms with E-state index in [0.717, 1.165) is 56.9 Å². The van der Waals surface area contributed by atoms with Gasteiger partial charge in [-0.15, -0.1) is 40.8 Å². The summed E-state index contributed by atoms with van der Waals surface area (Å²) in [6.45, 7) is 14.0. The number of carboxylic acid groups (broad SMARTS) is 1. The lowest BCUT2D eigenvalue weighted by molar-refractivity contribution is 0.00578. The molecular weight excluding hydrogens is 1900 g/mol. The van der Waals surface area contributed by atoms with Gasteiger partial charge in [-0.05, 0) is 200 Å². The first-order valence-electron chi connectivity index (χ1n) is 40.4. The topological polar surface area (TPSA) is 406 Å². The molecule has 6 bridgehead atoms. The number of nitrogens with two attached hydrogens (primary N) is 1. The highest BCUT2D eigenvalue weighted by atomic mass is 79.9. The van der Waals surface area contributed by atoms with Crippen molar-refractivity contribution in [1.82, 2.24) is 89.0 Å². The molecular formula is C88H82BBr3Cl2F2N22O11.